The average Bonchev–Trinajstić information content (AvgIpc) is 2.26. The van der Waals surface area contributed by atoms with Crippen LogP contribution in [0.3, 0.4) is 0 Å². The third kappa shape index (κ3) is 4.69. The summed E-state index contributed by atoms with van der Waals surface area (Å²) in [5, 5.41) is 0. The molecule has 0 atom stereocenters. The topological polar surface area (TPSA) is 68.3 Å². The fourth-order valence-electron chi connectivity index (χ4n) is 1.13. The molecule has 8 heteroatoms. The fourth-order valence-corrected chi connectivity index (χ4v) is 2.86. The molecule has 0 fully saturated rings. The molecule has 0 unspecified atom stereocenters. The van der Waals surface area contributed by atoms with Gasteiger partial charge in [-0.15, -0.1) is 11.6 Å². The van der Waals surface area contributed by atoms with Crippen molar-refractivity contribution in [3.05, 3.63) is 16.7 Å². The Morgan fingerprint density at radius 1 is 1.59 bits per heavy atom. The lowest BCUT2D eigenvalue weighted by Gasteiger charge is -2.10. The van der Waals surface area contributed by atoms with Crippen LogP contribution in [0.2, 0.25) is 0 Å². The molecule has 17 heavy (non-hydrogen) atoms. The molecule has 1 rings (SSSR count). The molecule has 0 saturated carbocycles. The largest absolute Gasteiger partial charge is 0.479 e. The van der Waals surface area contributed by atoms with Crippen molar-refractivity contribution in [3.63, 3.8) is 0 Å². The van der Waals surface area contributed by atoms with Gasteiger partial charge in [0.25, 0.3) is 0 Å². The van der Waals surface area contributed by atoms with Crippen LogP contribution in [0, 0.1) is 0 Å². The number of alkyl halides is 1. The Kier molecular flexibility index (Phi) is 5.48. The molecule has 0 radical (unpaired) electrons. The van der Waals surface area contributed by atoms with E-state index in [1.165, 1.54) is 13.3 Å². The summed E-state index contributed by atoms with van der Waals surface area (Å²) in [4.78, 5) is 3.94. The van der Waals surface area contributed by atoms with Crippen molar-refractivity contribution in [2.45, 2.75) is 6.42 Å². The number of ether oxygens (including phenoxy) is 1. The summed E-state index contributed by atoms with van der Waals surface area (Å²) in [6.07, 6.45) is 1.91. The van der Waals surface area contributed by atoms with Gasteiger partial charge in [-0.2, -0.15) is 0 Å². The van der Waals surface area contributed by atoms with E-state index in [2.05, 4.69) is 25.6 Å². The summed E-state index contributed by atoms with van der Waals surface area (Å²) in [5.41, 5.74) is 0.302. The average molecular weight is 344 g/mol. The highest BCUT2D eigenvalue weighted by atomic mass is 79.9. The lowest BCUT2D eigenvalue weighted by atomic mass is 10.4. The van der Waals surface area contributed by atoms with Crippen molar-refractivity contribution in [2.24, 2.45) is 0 Å². The molecular weight excluding hydrogens is 332 g/mol. The second-order valence-corrected chi connectivity index (χ2v) is 6.31. The standard InChI is InChI=1S/C9H12BrClN2O3S/c1-16-9-8(5-7(10)6-12-9)13-17(14,15)4-2-3-11/h5-6,13H,2-4H2,1H3. The number of anilines is 1. The van der Waals surface area contributed by atoms with Gasteiger partial charge in [0.15, 0.2) is 0 Å². The van der Waals surface area contributed by atoms with Crippen molar-refractivity contribution in [1.82, 2.24) is 4.98 Å². The van der Waals surface area contributed by atoms with Gasteiger partial charge >= 0.3 is 0 Å². The molecule has 96 valence electrons. The zero-order valence-corrected chi connectivity index (χ0v) is 12.3. The number of nitrogens with zero attached hydrogens (tertiary/aromatic N) is 1. The van der Waals surface area contributed by atoms with Crippen molar-refractivity contribution >= 4 is 43.2 Å². The summed E-state index contributed by atoms with van der Waals surface area (Å²) < 4.78 is 31.4. The van der Waals surface area contributed by atoms with E-state index in [1.807, 2.05) is 0 Å². The van der Waals surface area contributed by atoms with E-state index < -0.39 is 10.0 Å². The van der Waals surface area contributed by atoms with Crippen LogP contribution in [-0.2, 0) is 10.0 Å². The van der Waals surface area contributed by atoms with Gasteiger partial charge in [0.1, 0.15) is 5.69 Å². The van der Waals surface area contributed by atoms with E-state index in [-0.39, 0.29) is 11.6 Å². The summed E-state index contributed by atoms with van der Waals surface area (Å²) in [6.45, 7) is 0. The van der Waals surface area contributed by atoms with E-state index in [0.29, 0.717) is 22.5 Å². The van der Waals surface area contributed by atoms with Gasteiger partial charge in [-0.25, -0.2) is 13.4 Å². The van der Waals surface area contributed by atoms with Gasteiger partial charge in [0, 0.05) is 16.5 Å². The van der Waals surface area contributed by atoms with Gasteiger partial charge in [0.05, 0.1) is 12.9 Å². The summed E-state index contributed by atoms with van der Waals surface area (Å²) in [5.74, 6) is 0.490. The third-order valence-corrected chi connectivity index (χ3v) is 3.88. The van der Waals surface area contributed by atoms with Gasteiger partial charge in [-0.1, -0.05) is 0 Å². The Morgan fingerprint density at radius 3 is 2.88 bits per heavy atom. The molecule has 0 aromatic carbocycles. The summed E-state index contributed by atoms with van der Waals surface area (Å²) in [7, 11) is -2.00. The number of rotatable bonds is 6. The molecule has 1 aromatic heterocycles. The highest BCUT2D eigenvalue weighted by Gasteiger charge is 2.14. The van der Waals surface area contributed by atoms with Crippen LogP contribution in [0.25, 0.3) is 0 Å². The van der Waals surface area contributed by atoms with Gasteiger partial charge < -0.3 is 4.74 Å². The van der Waals surface area contributed by atoms with Crippen LogP contribution in [0.15, 0.2) is 16.7 Å². The molecule has 0 spiro atoms. The van der Waals surface area contributed by atoms with E-state index in [0.717, 1.165) is 0 Å². The second kappa shape index (κ2) is 6.42. The van der Waals surface area contributed by atoms with Gasteiger partial charge in [-0.3, -0.25) is 4.72 Å². The maximum absolute atomic E-state index is 11.7. The maximum Gasteiger partial charge on any atom is 0.238 e. The Labute approximate surface area is 114 Å². The minimum atomic E-state index is -3.42. The van der Waals surface area contributed by atoms with Crippen molar-refractivity contribution in [2.75, 3.05) is 23.5 Å². The molecule has 1 aromatic rings. The van der Waals surface area contributed by atoms with Crippen molar-refractivity contribution < 1.29 is 13.2 Å². The molecule has 0 aliphatic carbocycles. The predicted octanol–water partition coefficient (Wildman–Crippen LogP) is 2.22. The van der Waals surface area contributed by atoms with Crippen LogP contribution in [0.5, 0.6) is 5.88 Å². The highest BCUT2D eigenvalue weighted by molar-refractivity contribution is 9.10. The molecule has 0 saturated heterocycles. The van der Waals surface area contributed by atoms with Crippen LogP contribution >= 0.6 is 27.5 Å². The lowest BCUT2D eigenvalue weighted by molar-refractivity contribution is 0.400. The first-order valence-electron chi connectivity index (χ1n) is 4.74. The Morgan fingerprint density at radius 2 is 2.29 bits per heavy atom. The zero-order valence-electron chi connectivity index (χ0n) is 9.11. The summed E-state index contributed by atoms with van der Waals surface area (Å²) in [6, 6.07) is 1.59. The Hall–Kier alpha value is -0.530. The number of hydrogen-bond donors (Lipinski definition) is 1. The van der Waals surface area contributed by atoms with Crippen molar-refractivity contribution in [1.29, 1.82) is 0 Å². The van der Waals surface area contributed by atoms with Crippen molar-refractivity contribution in [3.8, 4) is 5.88 Å². The third-order valence-electron chi connectivity index (χ3n) is 1.82. The number of sulfonamides is 1. The van der Waals surface area contributed by atoms with Gasteiger partial charge in [0.2, 0.25) is 15.9 Å². The number of methoxy groups -OCH3 is 1. The van der Waals surface area contributed by atoms with E-state index >= 15 is 0 Å². The number of hydrogen-bond acceptors (Lipinski definition) is 4. The first-order valence-corrected chi connectivity index (χ1v) is 7.72. The summed E-state index contributed by atoms with van der Waals surface area (Å²) >= 11 is 8.67. The second-order valence-electron chi connectivity index (χ2n) is 3.17. The Bertz CT molecular complexity index is 481. The molecular formula is C9H12BrClN2O3S. The number of pyridine rings is 1. The molecule has 0 amide bonds. The minimum Gasteiger partial charge on any atom is -0.479 e. The molecule has 1 N–H and O–H groups in total. The highest BCUT2D eigenvalue weighted by Crippen LogP contribution is 2.25. The monoisotopic (exact) mass is 342 g/mol. The normalized spacial score (nSPS) is 11.2. The maximum atomic E-state index is 11.7. The minimum absolute atomic E-state index is 0.0355. The quantitative estimate of drug-likeness (QED) is 0.804. The van der Waals surface area contributed by atoms with Gasteiger partial charge in [-0.05, 0) is 28.4 Å². The number of halogens is 2. The molecule has 0 aliphatic heterocycles. The Balaban J connectivity index is 2.90. The number of nitrogens with one attached hydrogen (secondary N) is 1. The lowest BCUT2D eigenvalue weighted by Crippen LogP contribution is -2.17. The SMILES string of the molecule is COc1ncc(Br)cc1NS(=O)(=O)CCCCl. The fraction of sp³-hybridized carbons (Fsp3) is 0.444. The van der Waals surface area contributed by atoms with Crippen LogP contribution in [0.1, 0.15) is 6.42 Å². The first-order chi connectivity index (χ1) is 7.98. The van der Waals surface area contributed by atoms with Crippen LogP contribution in [-0.4, -0.2) is 32.1 Å². The zero-order chi connectivity index (χ0) is 12.9. The van der Waals surface area contributed by atoms with Crippen LogP contribution < -0.4 is 9.46 Å². The van der Waals surface area contributed by atoms with E-state index in [1.54, 1.807) is 6.07 Å². The van der Waals surface area contributed by atoms with E-state index in [4.69, 9.17) is 16.3 Å². The van der Waals surface area contributed by atoms with E-state index in [9.17, 15) is 8.42 Å². The van der Waals surface area contributed by atoms with Crippen LogP contribution in [0.4, 0.5) is 5.69 Å². The first kappa shape index (κ1) is 14.5. The molecule has 1 heterocycles. The molecule has 5 nitrogen and oxygen atoms in total. The molecule has 0 bridgehead atoms. The predicted molar refractivity (Wildman–Crippen MR) is 71.2 cm³/mol. The number of aromatic nitrogens is 1. The molecule has 0 aliphatic rings. The smallest absolute Gasteiger partial charge is 0.238 e.